The minimum atomic E-state index is 0. The van der Waals surface area contributed by atoms with Crippen LogP contribution in [-0.4, -0.2) is 10.6 Å². The van der Waals surface area contributed by atoms with E-state index >= 15 is 0 Å². The molecule has 2 rings (SSSR count). The number of nitrogens with zero attached hydrogens (tertiary/aromatic N) is 1. The number of hydrogen-bond acceptors (Lipinski definition) is 1. The van der Waals surface area contributed by atoms with Crippen molar-refractivity contribution in [1.82, 2.24) is 4.57 Å². The Bertz CT molecular complexity index is 473. The molecular formula is C15H21ClN2. The molecule has 1 heterocycles. The number of rotatable bonds is 4. The molecule has 0 bridgehead atoms. The summed E-state index contributed by atoms with van der Waals surface area (Å²) in [7, 11) is 0. The van der Waals surface area contributed by atoms with E-state index in [0.29, 0.717) is 0 Å². The van der Waals surface area contributed by atoms with Gasteiger partial charge in [-0.15, -0.1) is 12.4 Å². The molecule has 0 amide bonds. The molecule has 0 aliphatic heterocycles. The lowest BCUT2D eigenvalue weighted by atomic mass is 10.1. The molecule has 18 heavy (non-hydrogen) atoms. The van der Waals surface area contributed by atoms with Gasteiger partial charge in [0, 0.05) is 30.0 Å². The van der Waals surface area contributed by atoms with Crippen LogP contribution >= 0.6 is 12.4 Å². The number of aryl methyl sites for hydroxylation is 1. The Morgan fingerprint density at radius 1 is 1.17 bits per heavy atom. The molecule has 0 spiro atoms. The maximum atomic E-state index is 6.02. The molecule has 1 atom stereocenters. The van der Waals surface area contributed by atoms with Crippen LogP contribution in [-0.2, 0) is 6.42 Å². The molecular weight excluding hydrogens is 244 g/mol. The highest BCUT2D eigenvalue weighted by molar-refractivity contribution is 5.85. The Kier molecular flexibility index (Phi) is 5.45. The summed E-state index contributed by atoms with van der Waals surface area (Å²) in [5.74, 6) is 0. The monoisotopic (exact) mass is 264 g/mol. The van der Waals surface area contributed by atoms with Gasteiger partial charge in [0.25, 0.3) is 0 Å². The van der Waals surface area contributed by atoms with Crippen molar-refractivity contribution in [3.63, 3.8) is 0 Å². The fourth-order valence-corrected chi connectivity index (χ4v) is 1.95. The van der Waals surface area contributed by atoms with Gasteiger partial charge in [-0.2, -0.15) is 0 Å². The Labute approximate surface area is 115 Å². The molecule has 0 radical (unpaired) electrons. The minimum Gasteiger partial charge on any atom is -0.327 e. The third kappa shape index (κ3) is 3.37. The van der Waals surface area contributed by atoms with E-state index in [9.17, 15) is 0 Å². The first-order chi connectivity index (χ1) is 8.20. The van der Waals surface area contributed by atoms with Crippen molar-refractivity contribution in [1.29, 1.82) is 0 Å². The summed E-state index contributed by atoms with van der Waals surface area (Å²) in [5, 5.41) is 0. The number of hydrogen-bond donors (Lipinski definition) is 1. The smallest absolute Gasteiger partial charge is 0.0452 e. The quantitative estimate of drug-likeness (QED) is 0.901. The third-order valence-electron chi connectivity index (χ3n) is 3.14. The summed E-state index contributed by atoms with van der Waals surface area (Å²) in [5.41, 5.74) is 9.79. The molecule has 1 aromatic carbocycles. The Balaban J connectivity index is 0.00000162. The molecule has 0 fully saturated rings. The molecule has 1 aromatic heterocycles. The first-order valence-corrected chi connectivity index (χ1v) is 6.19. The molecule has 2 N–H and O–H groups in total. The summed E-state index contributed by atoms with van der Waals surface area (Å²) >= 11 is 0. The van der Waals surface area contributed by atoms with Crippen LogP contribution in [0.1, 0.15) is 24.6 Å². The van der Waals surface area contributed by atoms with Crippen LogP contribution in [0.2, 0.25) is 0 Å². The van der Waals surface area contributed by atoms with Gasteiger partial charge in [0.15, 0.2) is 0 Å². The fourth-order valence-electron chi connectivity index (χ4n) is 1.95. The van der Waals surface area contributed by atoms with Gasteiger partial charge >= 0.3 is 0 Å². The second-order valence-corrected chi connectivity index (χ2v) is 4.58. The van der Waals surface area contributed by atoms with Crippen LogP contribution in [0, 0.1) is 6.92 Å². The summed E-state index contributed by atoms with van der Waals surface area (Å²) in [6, 6.07) is 13.0. The van der Waals surface area contributed by atoms with E-state index in [-0.39, 0.29) is 18.4 Å². The Hall–Kier alpha value is -1.25. The average Bonchev–Trinajstić information content (AvgIpc) is 2.78. The zero-order valence-electron chi connectivity index (χ0n) is 11.0. The zero-order chi connectivity index (χ0) is 12.3. The van der Waals surface area contributed by atoms with Gasteiger partial charge in [-0.1, -0.05) is 24.6 Å². The summed E-state index contributed by atoms with van der Waals surface area (Å²) < 4.78 is 2.22. The van der Waals surface area contributed by atoms with E-state index in [0.717, 1.165) is 12.8 Å². The van der Waals surface area contributed by atoms with Gasteiger partial charge in [0.2, 0.25) is 0 Å². The van der Waals surface area contributed by atoms with E-state index in [1.807, 2.05) is 0 Å². The first-order valence-electron chi connectivity index (χ1n) is 6.19. The van der Waals surface area contributed by atoms with Gasteiger partial charge in [-0.3, -0.25) is 0 Å². The van der Waals surface area contributed by atoms with Crippen LogP contribution in [0.5, 0.6) is 0 Å². The minimum absolute atomic E-state index is 0. The second-order valence-electron chi connectivity index (χ2n) is 4.58. The summed E-state index contributed by atoms with van der Waals surface area (Å²) in [6.07, 6.45) is 4.04. The lowest BCUT2D eigenvalue weighted by Gasteiger charge is -2.13. The lowest BCUT2D eigenvalue weighted by Crippen LogP contribution is -2.22. The molecule has 1 unspecified atom stereocenters. The fraction of sp³-hybridized carbons (Fsp3) is 0.333. The predicted octanol–water partition coefficient (Wildman–Crippen LogP) is 3.49. The van der Waals surface area contributed by atoms with E-state index in [2.05, 4.69) is 61.0 Å². The highest BCUT2D eigenvalue weighted by Gasteiger charge is 2.07. The molecule has 0 saturated heterocycles. The SMILES string of the molecule is CCC(N)Cc1cccn1-c1ccc(C)cc1.Cl. The number of nitrogens with two attached hydrogens (primary N) is 1. The van der Waals surface area contributed by atoms with Crippen molar-refractivity contribution >= 4 is 12.4 Å². The molecule has 0 aliphatic rings. The van der Waals surface area contributed by atoms with Crippen molar-refractivity contribution in [3.8, 4) is 5.69 Å². The highest BCUT2D eigenvalue weighted by Crippen LogP contribution is 2.15. The number of halogens is 1. The molecule has 3 heteroatoms. The van der Waals surface area contributed by atoms with Crippen molar-refractivity contribution in [2.75, 3.05) is 0 Å². The molecule has 2 aromatic rings. The van der Waals surface area contributed by atoms with Crippen molar-refractivity contribution in [3.05, 3.63) is 53.9 Å². The van der Waals surface area contributed by atoms with Gasteiger partial charge in [-0.05, 0) is 37.6 Å². The van der Waals surface area contributed by atoms with Crippen LogP contribution in [0.4, 0.5) is 0 Å². The van der Waals surface area contributed by atoms with Crippen LogP contribution in [0.15, 0.2) is 42.6 Å². The van der Waals surface area contributed by atoms with Crippen LogP contribution in [0.3, 0.4) is 0 Å². The summed E-state index contributed by atoms with van der Waals surface area (Å²) in [4.78, 5) is 0. The van der Waals surface area contributed by atoms with Gasteiger partial charge in [-0.25, -0.2) is 0 Å². The van der Waals surface area contributed by atoms with Gasteiger partial charge < -0.3 is 10.3 Å². The van der Waals surface area contributed by atoms with Crippen LogP contribution < -0.4 is 5.73 Å². The van der Waals surface area contributed by atoms with Crippen LogP contribution in [0.25, 0.3) is 5.69 Å². The second kappa shape index (κ2) is 6.62. The van der Waals surface area contributed by atoms with E-state index in [4.69, 9.17) is 5.73 Å². The molecule has 98 valence electrons. The van der Waals surface area contributed by atoms with E-state index in [1.54, 1.807) is 0 Å². The first kappa shape index (κ1) is 14.8. The van der Waals surface area contributed by atoms with Gasteiger partial charge in [0.05, 0.1) is 0 Å². The summed E-state index contributed by atoms with van der Waals surface area (Å²) in [6.45, 7) is 4.23. The van der Waals surface area contributed by atoms with Crippen molar-refractivity contribution < 1.29 is 0 Å². The van der Waals surface area contributed by atoms with Crippen molar-refractivity contribution in [2.45, 2.75) is 32.7 Å². The van der Waals surface area contributed by atoms with E-state index < -0.39 is 0 Å². The third-order valence-corrected chi connectivity index (χ3v) is 3.14. The molecule has 0 aliphatic carbocycles. The van der Waals surface area contributed by atoms with Gasteiger partial charge in [0.1, 0.15) is 0 Å². The topological polar surface area (TPSA) is 30.9 Å². The Morgan fingerprint density at radius 2 is 1.83 bits per heavy atom. The van der Waals surface area contributed by atoms with E-state index in [1.165, 1.54) is 16.9 Å². The average molecular weight is 265 g/mol. The van der Waals surface area contributed by atoms with Crippen molar-refractivity contribution in [2.24, 2.45) is 5.73 Å². The number of aromatic nitrogens is 1. The molecule has 2 nitrogen and oxygen atoms in total. The molecule has 0 saturated carbocycles. The normalized spacial score (nSPS) is 11.9. The predicted molar refractivity (Wildman–Crippen MR) is 79.7 cm³/mol. The highest BCUT2D eigenvalue weighted by atomic mass is 35.5. The lowest BCUT2D eigenvalue weighted by molar-refractivity contribution is 0.630. The Morgan fingerprint density at radius 3 is 2.44 bits per heavy atom. The zero-order valence-corrected chi connectivity index (χ0v) is 11.8. The maximum Gasteiger partial charge on any atom is 0.0452 e. The standard InChI is InChI=1S/C15H20N2.ClH/c1-3-13(16)11-15-5-4-10-17(15)14-8-6-12(2)7-9-14;/h4-10,13H,3,11,16H2,1-2H3;1H. The number of benzene rings is 1. The largest absolute Gasteiger partial charge is 0.327 e. The maximum absolute atomic E-state index is 6.02.